The van der Waals surface area contributed by atoms with Crippen molar-refractivity contribution in [2.75, 3.05) is 26.2 Å². The minimum Gasteiger partial charge on any atom is -0.480 e. The van der Waals surface area contributed by atoms with Gasteiger partial charge in [-0.25, -0.2) is 0 Å². The molecule has 0 unspecified atom stereocenters. The van der Waals surface area contributed by atoms with E-state index in [1.54, 1.807) is 17.0 Å². The maximum Gasteiger partial charge on any atom is 0.416 e. The maximum atomic E-state index is 13.0. The SMILES string of the molecule is O=C(O)CN(Cc1ccc(C(=O)NCc2ccc(Oc3ccccc3)cc2)cc1)CC1CCN(C(=O)/C=C/c2cccc(C(F)(F)F)c2)CC1. The highest BCUT2D eigenvalue weighted by atomic mass is 19.4. The Balaban J connectivity index is 1.08. The zero-order chi connectivity index (χ0) is 35.5. The summed E-state index contributed by atoms with van der Waals surface area (Å²) in [7, 11) is 0. The number of alkyl halides is 3. The summed E-state index contributed by atoms with van der Waals surface area (Å²) in [5.74, 6) is 0.142. The second kappa shape index (κ2) is 16.8. The number of hydrogen-bond donors (Lipinski definition) is 2. The van der Waals surface area contributed by atoms with Crippen LogP contribution < -0.4 is 10.1 Å². The third-order valence-electron chi connectivity index (χ3n) is 8.41. The van der Waals surface area contributed by atoms with E-state index in [-0.39, 0.29) is 29.8 Å². The average molecular weight is 686 g/mol. The fourth-order valence-corrected chi connectivity index (χ4v) is 5.77. The monoisotopic (exact) mass is 685 g/mol. The van der Waals surface area contributed by atoms with E-state index in [1.807, 2.05) is 71.6 Å². The van der Waals surface area contributed by atoms with Crippen molar-refractivity contribution in [3.63, 3.8) is 0 Å². The van der Waals surface area contributed by atoms with Crippen LogP contribution in [0.1, 0.15) is 45.5 Å². The molecular weight excluding hydrogens is 647 g/mol. The van der Waals surface area contributed by atoms with Crippen LogP contribution in [0, 0.1) is 5.92 Å². The standard InChI is InChI=1S/C39H38F3N3O5/c40-39(41,42)33-6-4-5-28(23-33)13-18-36(46)45-21-19-31(20-22-45)26-44(27-37(47)48)25-30-9-14-32(15-10-30)38(49)43-24-29-11-16-35(17-12-29)50-34-7-2-1-3-8-34/h1-18,23,31H,19-22,24-27H2,(H,43,49)(H,47,48)/b18-13+. The Bertz CT molecular complexity index is 1770. The predicted octanol–water partition coefficient (Wildman–Crippen LogP) is 7.27. The van der Waals surface area contributed by atoms with Gasteiger partial charge in [-0.2, -0.15) is 13.2 Å². The van der Waals surface area contributed by atoms with E-state index >= 15 is 0 Å². The van der Waals surface area contributed by atoms with Crippen molar-refractivity contribution in [1.82, 2.24) is 15.1 Å². The Morgan fingerprint density at radius 3 is 2.18 bits per heavy atom. The largest absolute Gasteiger partial charge is 0.480 e. The highest BCUT2D eigenvalue weighted by Crippen LogP contribution is 2.30. The molecule has 2 amide bonds. The summed E-state index contributed by atoms with van der Waals surface area (Å²) in [6, 6.07) is 28.8. The zero-order valence-electron chi connectivity index (χ0n) is 27.3. The number of carbonyl (C=O) groups is 3. The topological polar surface area (TPSA) is 99.2 Å². The molecular formula is C39H38F3N3O5. The Kier molecular flexibility index (Phi) is 12.1. The van der Waals surface area contributed by atoms with Crippen molar-refractivity contribution >= 4 is 23.9 Å². The highest BCUT2D eigenvalue weighted by molar-refractivity contribution is 5.94. The number of halogens is 3. The van der Waals surface area contributed by atoms with Gasteiger partial charge in [0.15, 0.2) is 0 Å². The van der Waals surface area contributed by atoms with Crippen LogP contribution in [-0.4, -0.2) is 58.9 Å². The summed E-state index contributed by atoms with van der Waals surface area (Å²) in [4.78, 5) is 40.7. The zero-order valence-corrected chi connectivity index (χ0v) is 27.3. The van der Waals surface area contributed by atoms with Gasteiger partial charge in [0.05, 0.1) is 12.1 Å². The van der Waals surface area contributed by atoms with E-state index in [4.69, 9.17) is 4.74 Å². The van der Waals surface area contributed by atoms with Crippen LogP contribution in [-0.2, 0) is 28.9 Å². The second-order valence-corrected chi connectivity index (χ2v) is 12.2. The predicted molar refractivity (Wildman–Crippen MR) is 183 cm³/mol. The van der Waals surface area contributed by atoms with E-state index in [0.29, 0.717) is 56.9 Å². The normalized spacial score (nSPS) is 13.8. The van der Waals surface area contributed by atoms with Crippen LogP contribution in [0.25, 0.3) is 6.08 Å². The first-order valence-electron chi connectivity index (χ1n) is 16.3. The molecule has 0 saturated carbocycles. The summed E-state index contributed by atoms with van der Waals surface area (Å²) >= 11 is 0. The maximum absolute atomic E-state index is 13.0. The fourth-order valence-electron chi connectivity index (χ4n) is 5.77. The number of para-hydroxylation sites is 1. The van der Waals surface area contributed by atoms with Gasteiger partial charge in [-0.15, -0.1) is 0 Å². The van der Waals surface area contributed by atoms with Gasteiger partial charge in [0, 0.05) is 44.4 Å². The van der Waals surface area contributed by atoms with Gasteiger partial charge in [-0.1, -0.05) is 54.6 Å². The second-order valence-electron chi connectivity index (χ2n) is 12.2. The number of hydrogen-bond acceptors (Lipinski definition) is 5. The molecule has 2 N–H and O–H groups in total. The summed E-state index contributed by atoms with van der Waals surface area (Å²) < 4.78 is 44.8. The molecule has 11 heteroatoms. The van der Waals surface area contributed by atoms with Crippen molar-refractivity contribution in [2.45, 2.75) is 32.1 Å². The molecule has 0 spiro atoms. The lowest BCUT2D eigenvalue weighted by Crippen LogP contribution is -2.41. The van der Waals surface area contributed by atoms with E-state index in [0.717, 1.165) is 29.0 Å². The first-order chi connectivity index (χ1) is 24.0. The molecule has 4 aromatic rings. The molecule has 0 radical (unpaired) electrons. The van der Waals surface area contributed by atoms with E-state index in [2.05, 4.69) is 5.32 Å². The molecule has 1 aliphatic rings. The molecule has 4 aromatic carbocycles. The minimum absolute atomic E-state index is 0.156. The summed E-state index contributed by atoms with van der Waals surface area (Å²) in [6.45, 7) is 2.02. The van der Waals surface area contributed by atoms with Crippen LogP contribution in [0.2, 0.25) is 0 Å². The van der Waals surface area contributed by atoms with Gasteiger partial charge in [0.2, 0.25) is 5.91 Å². The quantitative estimate of drug-likeness (QED) is 0.144. The molecule has 0 aromatic heterocycles. The lowest BCUT2D eigenvalue weighted by Gasteiger charge is -2.34. The number of nitrogens with one attached hydrogen (secondary N) is 1. The number of piperidine rings is 1. The number of amides is 2. The van der Waals surface area contributed by atoms with E-state index < -0.39 is 17.7 Å². The van der Waals surface area contributed by atoms with Gasteiger partial charge in [0.25, 0.3) is 5.91 Å². The Morgan fingerprint density at radius 2 is 1.52 bits per heavy atom. The fraction of sp³-hybridized carbons (Fsp3) is 0.256. The number of likely N-dealkylation sites (tertiary alicyclic amines) is 1. The third kappa shape index (κ3) is 10.8. The Labute approximate surface area is 288 Å². The number of rotatable bonds is 13. The lowest BCUT2D eigenvalue weighted by atomic mass is 9.95. The van der Waals surface area contributed by atoms with Crippen molar-refractivity contribution in [3.8, 4) is 11.5 Å². The van der Waals surface area contributed by atoms with Gasteiger partial charge in [-0.3, -0.25) is 19.3 Å². The number of benzene rings is 4. The van der Waals surface area contributed by atoms with Gasteiger partial charge in [-0.05, 0) is 90.1 Å². The number of ether oxygens (including phenoxy) is 1. The molecule has 0 bridgehead atoms. The Morgan fingerprint density at radius 1 is 0.860 bits per heavy atom. The van der Waals surface area contributed by atoms with Crippen LogP contribution in [0.4, 0.5) is 13.2 Å². The number of nitrogens with zero attached hydrogens (tertiary/aromatic N) is 2. The average Bonchev–Trinajstić information content (AvgIpc) is 3.11. The third-order valence-corrected chi connectivity index (χ3v) is 8.41. The first kappa shape index (κ1) is 35.9. The van der Waals surface area contributed by atoms with E-state index in [1.165, 1.54) is 24.3 Å². The molecule has 1 fully saturated rings. The molecule has 0 atom stereocenters. The van der Waals surface area contributed by atoms with E-state index in [9.17, 15) is 32.7 Å². The van der Waals surface area contributed by atoms with Crippen LogP contribution in [0.3, 0.4) is 0 Å². The molecule has 5 rings (SSSR count). The summed E-state index contributed by atoms with van der Waals surface area (Å²) in [6.07, 6.45) is -0.452. The molecule has 1 aliphatic heterocycles. The highest BCUT2D eigenvalue weighted by Gasteiger charge is 2.30. The van der Waals surface area contributed by atoms with Crippen molar-refractivity contribution < 1.29 is 37.4 Å². The van der Waals surface area contributed by atoms with Crippen LogP contribution in [0.5, 0.6) is 11.5 Å². The summed E-state index contributed by atoms with van der Waals surface area (Å²) in [5.41, 5.74) is 1.79. The number of carboxylic acid groups (broad SMARTS) is 1. The van der Waals surface area contributed by atoms with Gasteiger partial charge < -0.3 is 20.1 Å². The molecule has 8 nitrogen and oxygen atoms in total. The molecule has 1 saturated heterocycles. The van der Waals surface area contributed by atoms with Crippen molar-refractivity contribution in [3.05, 3.63) is 137 Å². The van der Waals surface area contributed by atoms with Gasteiger partial charge >= 0.3 is 12.1 Å². The van der Waals surface area contributed by atoms with Crippen molar-refractivity contribution in [2.24, 2.45) is 5.92 Å². The molecule has 50 heavy (non-hydrogen) atoms. The number of carbonyl (C=O) groups excluding carboxylic acids is 2. The summed E-state index contributed by atoms with van der Waals surface area (Å²) in [5, 5.41) is 12.5. The van der Waals surface area contributed by atoms with Gasteiger partial charge in [0.1, 0.15) is 11.5 Å². The van der Waals surface area contributed by atoms with Crippen LogP contribution >= 0.6 is 0 Å². The Hall–Kier alpha value is -5.42. The van der Waals surface area contributed by atoms with Crippen LogP contribution in [0.15, 0.2) is 109 Å². The number of carboxylic acids is 1. The molecule has 0 aliphatic carbocycles. The van der Waals surface area contributed by atoms with Crippen molar-refractivity contribution in [1.29, 1.82) is 0 Å². The molecule has 1 heterocycles. The smallest absolute Gasteiger partial charge is 0.416 e. The lowest BCUT2D eigenvalue weighted by molar-refractivity contribution is -0.139. The first-order valence-corrected chi connectivity index (χ1v) is 16.3. The minimum atomic E-state index is -4.46. The molecule has 260 valence electrons. The number of aliphatic carboxylic acids is 1.